The third-order valence-electron chi connectivity index (χ3n) is 6.44. The molecule has 2 amide bonds. The number of nitrogens with zero attached hydrogens (tertiary/aromatic N) is 2. The van der Waals surface area contributed by atoms with E-state index in [0.717, 1.165) is 22.7 Å². The number of ether oxygens (including phenoxy) is 1. The number of methoxy groups -OCH3 is 1. The van der Waals surface area contributed by atoms with Crippen LogP contribution in [0.3, 0.4) is 0 Å². The van der Waals surface area contributed by atoms with Crippen LogP contribution in [0.25, 0.3) is 0 Å². The molecular weight excluding hydrogens is 514 g/mol. The van der Waals surface area contributed by atoms with Crippen LogP contribution in [0.15, 0.2) is 89.8 Å². The van der Waals surface area contributed by atoms with Gasteiger partial charge in [-0.15, -0.1) is 0 Å². The fourth-order valence-electron chi connectivity index (χ4n) is 4.17. The lowest BCUT2D eigenvalue weighted by Crippen LogP contribution is -2.52. The summed E-state index contributed by atoms with van der Waals surface area (Å²) >= 11 is 0. The van der Waals surface area contributed by atoms with Gasteiger partial charge in [-0.05, 0) is 49.6 Å². The Balaban J connectivity index is 1.97. The van der Waals surface area contributed by atoms with Crippen molar-refractivity contribution in [3.8, 4) is 5.75 Å². The lowest BCUT2D eigenvalue weighted by atomic mass is 10.1. The topological polar surface area (TPSA) is 96.0 Å². The van der Waals surface area contributed by atoms with Gasteiger partial charge in [-0.2, -0.15) is 0 Å². The highest BCUT2D eigenvalue weighted by atomic mass is 32.2. The summed E-state index contributed by atoms with van der Waals surface area (Å²) in [6.07, 6.45) is 2.27. The molecule has 0 aromatic heterocycles. The van der Waals surface area contributed by atoms with Gasteiger partial charge in [0.15, 0.2) is 0 Å². The van der Waals surface area contributed by atoms with E-state index in [1.807, 2.05) is 37.3 Å². The summed E-state index contributed by atoms with van der Waals surface area (Å²) in [6, 6.07) is 23.5. The monoisotopic (exact) mass is 551 g/mol. The summed E-state index contributed by atoms with van der Waals surface area (Å²) in [5.41, 5.74) is 1.24. The summed E-state index contributed by atoms with van der Waals surface area (Å²) in [7, 11) is -2.69. The van der Waals surface area contributed by atoms with Gasteiger partial charge in [-0.25, -0.2) is 8.42 Å². The predicted molar refractivity (Wildman–Crippen MR) is 153 cm³/mol. The molecule has 3 aromatic rings. The second-order valence-corrected chi connectivity index (χ2v) is 11.0. The molecule has 0 heterocycles. The number of carbonyl (C=O) groups excluding carboxylic acids is 2. The normalized spacial score (nSPS) is 11.9. The molecule has 1 N–H and O–H groups in total. The quantitative estimate of drug-likeness (QED) is 0.302. The number of anilines is 1. The van der Waals surface area contributed by atoms with Crippen LogP contribution in [0.5, 0.6) is 5.75 Å². The largest absolute Gasteiger partial charge is 0.495 e. The Labute approximate surface area is 231 Å². The van der Waals surface area contributed by atoms with Crippen LogP contribution >= 0.6 is 0 Å². The van der Waals surface area contributed by atoms with E-state index in [2.05, 4.69) is 5.32 Å². The van der Waals surface area contributed by atoms with Gasteiger partial charge in [-0.1, -0.05) is 74.0 Å². The smallest absolute Gasteiger partial charge is 0.264 e. The highest BCUT2D eigenvalue weighted by Crippen LogP contribution is 2.32. The van der Waals surface area contributed by atoms with Gasteiger partial charge in [0.05, 0.1) is 17.7 Å². The first-order chi connectivity index (χ1) is 18.8. The second-order valence-electron chi connectivity index (χ2n) is 9.14. The number of hydrogen-bond acceptors (Lipinski definition) is 5. The highest BCUT2D eigenvalue weighted by molar-refractivity contribution is 7.92. The zero-order valence-electron chi connectivity index (χ0n) is 22.7. The van der Waals surface area contributed by atoms with E-state index in [4.69, 9.17) is 4.74 Å². The number of amides is 2. The van der Waals surface area contributed by atoms with Crippen molar-refractivity contribution in [1.29, 1.82) is 0 Å². The Kier molecular flexibility index (Phi) is 10.9. The molecule has 0 radical (unpaired) electrons. The van der Waals surface area contributed by atoms with E-state index in [0.29, 0.717) is 18.7 Å². The van der Waals surface area contributed by atoms with Gasteiger partial charge in [0.25, 0.3) is 10.0 Å². The molecule has 0 spiro atoms. The standard InChI is InChI=1S/C30H37N3O5S/c1-4-5-21-31-30(35)24(2)32(22-20-25-14-8-6-9-15-25)29(34)23-33(27-18-12-13-19-28(27)38-3)39(36,37)26-16-10-7-11-17-26/h6-19,24H,4-5,20-23H2,1-3H3,(H,31,35)/t24-/m1/s1. The molecule has 0 fully saturated rings. The molecule has 8 nitrogen and oxygen atoms in total. The van der Waals surface area contributed by atoms with Crippen molar-refractivity contribution in [2.45, 2.75) is 44.0 Å². The third-order valence-corrected chi connectivity index (χ3v) is 8.22. The predicted octanol–water partition coefficient (Wildman–Crippen LogP) is 4.27. The second kappa shape index (κ2) is 14.3. The summed E-state index contributed by atoms with van der Waals surface area (Å²) in [5, 5.41) is 2.89. The molecule has 0 saturated carbocycles. The fraction of sp³-hybridized carbons (Fsp3) is 0.333. The molecule has 3 rings (SSSR count). The van der Waals surface area contributed by atoms with Crippen LogP contribution in [-0.4, -0.2) is 57.9 Å². The van der Waals surface area contributed by atoms with Crippen molar-refractivity contribution >= 4 is 27.5 Å². The van der Waals surface area contributed by atoms with Gasteiger partial charge in [0.1, 0.15) is 18.3 Å². The van der Waals surface area contributed by atoms with Gasteiger partial charge < -0.3 is 15.0 Å². The summed E-state index contributed by atoms with van der Waals surface area (Å²) in [5.74, 6) is -0.458. The van der Waals surface area contributed by atoms with Crippen LogP contribution in [0, 0.1) is 0 Å². The van der Waals surface area contributed by atoms with E-state index in [1.54, 1.807) is 49.4 Å². The van der Waals surface area contributed by atoms with Crippen molar-refractivity contribution in [3.05, 3.63) is 90.5 Å². The van der Waals surface area contributed by atoms with Crippen molar-refractivity contribution < 1.29 is 22.7 Å². The van der Waals surface area contributed by atoms with E-state index < -0.39 is 28.5 Å². The molecule has 0 aliphatic carbocycles. The molecule has 0 aliphatic rings. The molecule has 39 heavy (non-hydrogen) atoms. The van der Waals surface area contributed by atoms with Crippen molar-refractivity contribution in [1.82, 2.24) is 10.2 Å². The number of sulfonamides is 1. The first-order valence-electron chi connectivity index (χ1n) is 13.1. The van der Waals surface area contributed by atoms with Gasteiger partial charge in [-0.3, -0.25) is 13.9 Å². The average molecular weight is 552 g/mol. The Morgan fingerprint density at radius 2 is 1.54 bits per heavy atom. The maximum atomic E-state index is 13.9. The minimum Gasteiger partial charge on any atom is -0.495 e. The van der Waals surface area contributed by atoms with Gasteiger partial charge in [0, 0.05) is 13.1 Å². The number of benzene rings is 3. The lowest BCUT2D eigenvalue weighted by Gasteiger charge is -2.32. The van der Waals surface area contributed by atoms with Crippen LogP contribution < -0.4 is 14.4 Å². The molecule has 208 valence electrons. The van der Waals surface area contributed by atoms with Gasteiger partial charge in [0.2, 0.25) is 11.8 Å². The summed E-state index contributed by atoms with van der Waals surface area (Å²) < 4.78 is 34.2. The minimum atomic E-state index is -4.14. The van der Waals surface area contributed by atoms with E-state index >= 15 is 0 Å². The number of nitrogens with one attached hydrogen (secondary N) is 1. The Morgan fingerprint density at radius 1 is 0.923 bits per heavy atom. The van der Waals surface area contributed by atoms with Crippen LogP contribution in [0.4, 0.5) is 5.69 Å². The molecule has 1 atom stereocenters. The molecule has 0 aliphatic heterocycles. The summed E-state index contributed by atoms with van der Waals surface area (Å²) in [4.78, 5) is 28.4. The lowest BCUT2D eigenvalue weighted by molar-refractivity contribution is -0.138. The van der Waals surface area contributed by atoms with Gasteiger partial charge >= 0.3 is 0 Å². The molecule has 0 bridgehead atoms. The van der Waals surface area contributed by atoms with Crippen LogP contribution in [0.2, 0.25) is 0 Å². The number of unbranched alkanes of at least 4 members (excludes halogenated alkanes) is 1. The first-order valence-corrected chi connectivity index (χ1v) is 14.6. The maximum Gasteiger partial charge on any atom is 0.264 e. The average Bonchev–Trinajstić information content (AvgIpc) is 2.96. The zero-order valence-corrected chi connectivity index (χ0v) is 23.6. The van der Waals surface area contributed by atoms with E-state index in [1.165, 1.54) is 24.1 Å². The molecule has 9 heteroatoms. The number of para-hydroxylation sites is 2. The first kappa shape index (κ1) is 29.7. The number of carbonyl (C=O) groups is 2. The molecule has 0 saturated heterocycles. The minimum absolute atomic E-state index is 0.0462. The molecule has 0 unspecified atom stereocenters. The maximum absolute atomic E-state index is 13.9. The van der Waals surface area contributed by atoms with Crippen molar-refractivity contribution in [2.75, 3.05) is 31.0 Å². The Morgan fingerprint density at radius 3 is 2.18 bits per heavy atom. The summed E-state index contributed by atoms with van der Waals surface area (Å²) in [6.45, 7) is 3.96. The van der Waals surface area contributed by atoms with Crippen LogP contribution in [0.1, 0.15) is 32.3 Å². The highest BCUT2D eigenvalue weighted by Gasteiger charge is 2.33. The van der Waals surface area contributed by atoms with E-state index in [-0.39, 0.29) is 23.0 Å². The molecule has 3 aromatic carbocycles. The Bertz CT molecular complexity index is 1320. The number of hydrogen-bond donors (Lipinski definition) is 1. The SMILES string of the molecule is CCCCNC(=O)[C@@H](C)N(CCc1ccccc1)C(=O)CN(c1ccccc1OC)S(=O)(=O)c1ccccc1. The van der Waals surface area contributed by atoms with Crippen molar-refractivity contribution in [2.24, 2.45) is 0 Å². The number of rotatable bonds is 14. The fourth-order valence-corrected chi connectivity index (χ4v) is 5.62. The molecular formula is C30H37N3O5S. The Hall–Kier alpha value is -3.85. The van der Waals surface area contributed by atoms with Crippen LogP contribution in [-0.2, 0) is 26.0 Å². The van der Waals surface area contributed by atoms with E-state index in [9.17, 15) is 18.0 Å². The zero-order chi connectivity index (χ0) is 28.3. The van der Waals surface area contributed by atoms with Crippen molar-refractivity contribution in [3.63, 3.8) is 0 Å². The third kappa shape index (κ3) is 7.83.